The molecule has 0 spiro atoms. The van der Waals surface area contributed by atoms with Crippen molar-refractivity contribution >= 4 is 15.7 Å². The van der Waals surface area contributed by atoms with E-state index < -0.39 is 27.1 Å². The lowest BCUT2D eigenvalue weighted by Gasteiger charge is -2.20. The van der Waals surface area contributed by atoms with Gasteiger partial charge in [0.15, 0.2) is 15.4 Å². The standard InChI is InChI=1S/C11H15NO5S/c1-8-3-5-9(6-4-8)18(16,17)7-11(2,14)10(13)12-15/h3-6,14-15H,7H2,1-2H3,(H,12,13). The lowest BCUT2D eigenvalue weighted by molar-refractivity contribution is -0.144. The van der Waals surface area contributed by atoms with Gasteiger partial charge in [0, 0.05) is 0 Å². The first-order valence-electron chi connectivity index (χ1n) is 5.15. The van der Waals surface area contributed by atoms with Crippen LogP contribution in [0.25, 0.3) is 0 Å². The maximum atomic E-state index is 12.0. The Morgan fingerprint density at radius 2 is 1.83 bits per heavy atom. The smallest absolute Gasteiger partial charge is 0.276 e. The zero-order valence-corrected chi connectivity index (χ0v) is 10.9. The van der Waals surface area contributed by atoms with Crippen molar-refractivity contribution in [3.63, 3.8) is 0 Å². The largest absolute Gasteiger partial charge is 0.379 e. The van der Waals surface area contributed by atoms with Crippen molar-refractivity contribution in [1.29, 1.82) is 0 Å². The SMILES string of the molecule is Cc1ccc(S(=O)(=O)CC(C)(O)C(=O)NO)cc1. The Hall–Kier alpha value is -1.44. The highest BCUT2D eigenvalue weighted by Gasteiger charge is 2.36. The van der Waals surface area contributed by atoms with Crippen molar-refractivity contribution in [3.8, 4) is 0 Å². The third-order valence-electron chi connectivity index (χ3n) is 2.44. The fraction of sp³-hybridized carbons (Fsp3) is 0.364. The van der Waals surface area contributed by atoms with E-state index in [-0.39, 0.29) is 4.90 Å². The van der Waals surface area contributed by atoms with Gasteiger partial charge in [-0.2, -0.15) is 0 Å². The maximum Gasteiger partial charge on any atom is 0.276 e. The Kier molecular flexibility index (Phi) is 4.10. The average Bonchev–Trinajstić information content (AvgIpc) is 2.27. The van der Waals surface area contributed by atoms with E-state index in [9.17, 15) is 18.3 Å². The van der Waals surface area contributed by atoms with Gasteiger partial charge < -0.3 is 5.11 Å². The minimum absolute atomic E-state index is 0.0131. The van der Waals surface area contributed by atoms with Gasteiger partial charge in [-0.25, -0.2) is 13.9 Å². The normalized spacial score (nSPS) is 14.9. The number of amides is 1. The van der Waals surface area contributed by atoms with Gasteiger partial charge in [-0.15, -0.1) is 0 Å². The maximum absolute atomic E-state index is 12.0. The molecule has 3 N–H and O–H groups in total. The lowest BCUT2D eigenvalue weighted by atomic mass is 10.1. The van der Waals surface area contributed by atoms with Crippen LogP contribution < -0.4 is 5.48 Å². The molecule has 1 aromatic carbocycles. The Bertz CT molecular complexity index is 533. The summed E-state index contributed by atoms with van der Waals surface area (Å²) in [7, 11) is -3.81. The molecule has 1 amide bonds. The fourth-order valence-corrected chi connectivity index (χ4v) is 2.97. The first-order valence-corrected chi connectivity index (χ1v) is 6.80. The van der Waals surface area contributed by atoms with Gasteiger partial charge in [-0.1, -0.05) is 17.7 Å². The molecule has 100 valence electrons. The summed E-state index contributed by atoms with van der Waals surface area (Å²) in [5, 5.41) is 18.1. The second-order valence-corrected chi connectivity index (χ2v) is 6.28. The molecule has 0 saturated heterocycles. The molecule has 0 radical (unpaired) electrons. The molecular weight excluding hydrogens is 258 g/mol. The van der Waals surface area contributed by atoms with Gasteiger partial charge in [0.2, 0.25) is 0 Å². The predicted molar refractivity (Wildman–Crippen MR) is 63.8 cm³/mol. The second kappa shape index (κ2) is 5.05. The fourth-order valence-electron chi connectivity index (χ4n) is 1.38. The molecule has 1 rings (SSSR count). The number of benzene rings is 1. The summed E-state index contributed by atoms with van der Waals surface area (Å²) in [5.74, 6) is -1.98. The van der Waals surface area contributed by atoms with Crippen LogP contribution in [-0.4, -0.2) is 36.0 Å². The first kappa shape index (κ1) is 14.6. The number of hydrogen-bond donors (Lipinski definition) is 3. The molecule has 0 saturated carbocycles. The number of rotatable bonds is 4. The number of hydroxylamine groups is 1. The highest BCUT2D eigenvalue weighted by molar-refractivity contribution is 7.91. The first-order chi connectivity index (χ1) is 8.19. The van der Waals surface area contributed by atoms with Gasteiger partial charge >= 0.3 is 0 Å². The van der Waals surface area contributed by atoms with E-state index in [1.165, 1.54) is 17.6 Å². The van der Waals surface area contributed by atoms with Gasteiger partial charge in [0.25, 0.3) is 5.91 Å². The molecule has 18 heavy (non-hydrogen) atoms. The van der Waals surface area contributed by atoms with Gasteiger partial charge in [0.1, 0.15) is 0 Å². The summed E-state index contributed by atoms with van der Waals surface area (Å²) in [5.41, 5.74) is -0.0639. The van der Waals surface area contributed by atoms with E-state index >= 15 is 0 Å². The molecule has 0 heterocycles. The van der Waals surface area contributed by atoms with Gasteiger partial charge in [0.05, 0.1) is 10.6 Å². The van der Waals surface area contributed by atoms with E-state index in [0.717, 1.165) is 12.5 Å². The van der Waals surface area contributed by atoms with Crippen molar-refractivity contribution in [2.45, 2.75) is 24.3 Å². The van der Waals surface area contributed by atoms with Crippen LogP contribution in [0.4, 0.5) is 0 Å². The summed E-state index contributed by atoms with van der Waals surface area (Å²) in [6.45, 7) is 2.83. The van der Waals surface area contributed by atoms with Crippen LogP contribution >= 0.6 is 0 Å². The predicted octanol–water partition coefficient (Wildman–Crippen LogP) is 0.0251. The number of carbonyl (C=O) groups excluding carboxylic acids is 1. The number of carbonyl (C=O) groups is 1. The molecule has 0 bridgehead atoms. The molecule has 0 aliphatic rings. The van der Waals surface area contributed by atoms with Crippen LogP contribution in [0.15, 0.2) is 29.2 Å². The van der Waals surface area contributed by atoms with Crippen molar-refractivity contribution < 1.29 is 23.5 Å². The molecule has 7 heteroatoms. The molecule has 1 atom stereocenters. The van der Waals surface area contributed by atoms with E-state index in [1.54, 1.807) is 12.1 Å². The summed E-state index contributed by atoms with van der Waals surface area (Å²) in [4.78, 5) is 11.1. The highest BCUT2D eigenvalue weighted by atomic mass is 32.2. The number of sulfone groups is 1. The van der Waals surface area contributed by atoms with Crippen LogP contribution in [0.5, 0.6) is 0 Å². The van der Waals surface area contributed by atoms with Gasteiger partial charge in [-0.3, -0.25) is 10.0 Å². The Labute approximate surface area is 105 Å². The molecule has 0 aliphatic carbocycles. The third kappa shape index (κ3) is 3.28. The monoisotopic (exact) mass is 273 g/mol. The summed E-state index contributed by atoms with van der Waals surface area (Å²) < 4.78 is 23.9. The molecular formula is C11H15NO5S. The third-order valence-corrected chi connectivity index (χ3v) is 4.37. The minimum atomic E-state index is -3.81. The van der Waals surface area contributed by atoms with Crippen LogP contribution in [-0.2, 0) is 14.6 Å². The van der Waals surface area contributed by atoms with Crippen LogP contribution in [0.2, 0.25) is 0 Å². The Balaban J connectivity index is 3.02. The lowest BCUT2D eigenvalue weighted by Crippen LogP contribution is -2.48. The summed E-state index contributed by atoms with van der Waals surface area (Å²) >= 11 is 0. The number of nitrogens with one attached hydrogen (secondary N) is 1. The number of aliphatic hydroxyl groups is 1. The van der Waals surface area contributed by atoms with Gasteiger partial charge in [-0.05, 0) is 26.0 Å². The topological polar surface area (TPSA) is 104 Å². The van der Waals surface area contributed by atoms with E-state index in [4.69, 9.17) is 5.21 Å². The van der Waals surface area contributed by atoms with Crippen LogP contribution in [0, 0.1) is 6.92 Å². The zero-order valence-electron chi connectivity index (χ0n) is 10.0. The summed E-state index contributed by atoms with van der Waals surface area (Å²) in [6, 6.07) is 6.04. The van der Waals surface area contributed by atoms with Crippen molar-refractivity contribution in [1.82, 2.24) is 5.48 Å². The van der Waals surface area contributed by atoms with Crippen LogP contribution in [0.1, 0.15) is 12.5 Å². The van der Waals surface area contributed by atoms with E-state index in [2.05, 4.69) is 0 Å². The number of hydrogen-bond acceptors (Lipinski definition) is 5. The number of aryl methyl sites for hydroxylation is 1. The van der Waals surface area contributed by atoms with Crippen LogP contribution in [0.3, 0.4) is 0 Å². The van der Waals surface area contributed by atoms with E-state index in [1.807, 2.05) is 6.92 Å². The molecule has 0 aromatic heterocycles. The molecule has 6 nitrogen and oxygen atoms in total. The highest BCUT2D eigenvalue weighted by Crippen LogP contribution is 2.17. The Morgan fingerprint density at radius 3 is 2.28 bits per heavy atom. The van der Waals surface area contributed by atoms with Crippen molar-refractivity contribution in [2.24, 2.45) is 0 Å². The molecule has 0 aliphatic heterocycles. The molecule has 1 unspecified atom stereocenters. The zero-order chi connectivity index (χ0) is 14.0. The van der Waals surface area contributed by atoms with E-state index in [0.29, 0.717) is 0 Å². The average molecular weight is 273 g/mol. The minimum Gasteiger partial charge on any atom is -0.379 e. The molecule has 0 fully saturated rings. The quantitative estimate of drug-likeness (QED) is 0.530. The van der Waals surface area contributed by atoms with Crippen molar-refractivity contribution in [3.05, 3.63) is 29.8 Å². The Morgan fingerprint density at radius 1 is 1.33 bits per heavy atom. The molecule has 1 aromatic rings. The van der Waals surface area contributed by atoms with Crippen molar-refractivity contribution in [2.75, 3.05) is 5.75 Å². The second-order valence-electron chi connectivity index (χ2n) is 4.29. The summed E-state index contributed by atoms with van der Waals surface area (Å²) in [6.07, 6.45) is 0.